The van der Waals surface area contributed by atoms with Crippen LogP contribution in [-0.2, 0) is 11.2 Å². The van der Waals surface area contributed by atoms with Crippen LogP contribution in [0.5, 0.6) is 0 Å². The van der Waals surface area contributed by atoms with Gasteiger partial charge in [-0.1, -0.05) is 26.0 Å². The molecular formula is C30H40N6O2S. The SMILES string of the molecule is CCN(CC)CCC[C@@H](C)NC(=O)Cc1csc2nc(C)c(-c3cc(C)n(-c4cccc(C)c4C)n3)c(=O)n12. The van der Waals surface area contributed by atoms with Crippen molar-refractivity contribution in [2.45, 2.75) is 73.8 Å². The van der Waals surface area contributed by atoms with Crippen molar-refractivity contribution < 1.29 is 4.79 Å². The molecule has 0 aliphatic carbocycles. The number of fused-ring (bicyclic) bond motifs is 1. The number of carbonyl (C=O) groups is 1. The summed E-state index contributed by atoms with van der Waals surface area (Å²) in [6.07, 6.45) is 2.07. The van der Waals surface area contributed by atoms with Crippen LogP contribution < -0.4 is 10.9 Å². The zero-order valence-corrected chi connectivity index (χ0v) is 25.0. The lowest BCUT2D eigenvalue weighted by molar-refractivity contribution is -0.121. The van der Waals surface area contributed by atoms with E-state index < -0.39 is 0 Å². The number of carbonyl (C=O) groups excluding carboxylic acids is 1. The Labute approximate surface area is 234 Å². The van der Waals surface area contributed by atoms with E-state index in [0.717, 1.165) is 49.4 Å². The third kappa shape index (κ3) is 6.15. The number of aromatic nitrogens is 4. The van der Waals surface area contributed by atoms with Crippen LogP contribution in [0.2, 0.25) is 0 Å². The molecule has 1 atom stereocenters. The second-order valence-corrected chi connectivity index (χ2v) is 11.2. The summed E-state index contributed by atoms with van der Waals surface area (Å²) >= 11 is 1.38. The van der Waals surface area contributed by atoms with Crippen LogP contribution in [0.15, 0.2) is 34.4 Å². The summed E-state index contributed by atoms with van der Waals surface area (Å²) in [5.74, 6) is -0.0888. The van der Waals surface area contributed by atoms with Gasteiger partial charge in [0, 0.05) is 22.8 Å². The molecule has 0 saturated carbocycles. The Morgan fingerprint density at radius 2 is 1.90 bits per heavy atom. The number of nitrogens with zero attached hydrogens (tertiary/aromatic N) is 5. The van der Waals surface area contributed by atoms with Crippen molar-refractivity contribution in [3.8, 4) is 16.9 Å². The van der Waals surface area contributed by atoms with Crippen LogP contribution in [0, 0.1) is 27.7 Å². The normalized spacial score (nSPS) is 12.4. The summed E-state index contributed by atoms with van der Waals surface area (Å²) in [4.78, 5) is 34.4. The van der Waals surface area contributed by atoms with Crippen molar-refractivity contribution >= 4 is 22.2 Å². The number of amides is 1. The van der Waals surface area contributed by atoms with E-state index in [-0.39, 0.29) is 23.9 Å². The number of aryl methyl sites for hydroxylation is 3. The highest BCUT2D eigenvalue weighted by Crippen LogP contribution is 2.25. The Morgan fingerprint density at radius 1 is 1.15 bits per heavy atom. The Bertz CT molecular complexity index is 1530. The fourth-order valence-corrected chi connectivity index (χ4v) is 5.98. The smallest absolute Gasteiger partial charge is 0.268 e. The molecule has 208 valence electrons. The Kier molecular flexibility index (Phi) is 9.02. The molecule has 1 aromatic carbocycles. The molecule has 39 heavy (non-hydrogen) atoms. The van der Waals surface area contributed by atoms with E-state index in [1.165, 1.54) is 16.9 Å². The summed E-state index contributed by atoms with van der Waals surface area (Å²) in [6.45, 7) is 17.5. The molecular weight excluding hydrogens is 508 g/mol. The molecule has 0 bridgehead atoms. The maximum absolute atomic E-state index is 13.8. The van der Waals surface area contributed by atoms with Gasteiger partial charge in [0.25, 0.3) is 5.56 Å². The first kappa shape index (κ1) is 28.7. The number of benzene rings is 1. The van der Waals surface area contributed by atoms with Crippen LogP contribution in [-0.4, -0.2) is 55.6 Å². The van der Waals surface area contributed by atoms with Crippen LogP contribution in [0.25, 0.3) is 21.9 Å². The fraction of sp³-hybridized carbons (Fsp3) is 0.467. The first-order chi connectivity index (χ1) is 18.6. The summed E-state index contributed by atoms with van der Waals surface area (Å²) in [7, 11) is 0. The van der Waals surface area contributed by atoms with E-state index in [9.17, 15) is 9.59 Å². The molecule has 0 aliphatic rings. The second kappa shape index (κ2) is 12.3. The van der Waals surface area contributed by atoms with Gasteiger partial charge in [-0.3, -0.25) is 14.0 Å². The molecule has 3 heterocycles. The number of nitrogens with one attached hydrogen (secondary N) is 1. The Hall–Kier alpha value is -3.30. The van der Waals surface area contributed by atoms with Gasteiger partial charge in [0.2, 0.25) is 5.91 Å². The zero-order valence-electron chi connectivity index (χ0n) is 24.2. The third-order valence-corrected chi connectivity index (χ3v) is 8.40. The molecule has 1 amide bonds. The Morgan fingerprint density at radius 3 is 2.62 bits per heavy atom. The van der Waals surface area contributed by atoms with Gasteiger partial charge in [-0.05, 0) is 90.4 Å². The quantitative estimate of drug-likeness (QED) is 0.285. The highest BCUT2D eigenvalue weighted by molar-refractivity contribution is 7.15. The standard InChI is InChI=1S/C30H40N6O2S/c1-8-34(9-2)15-11-13-20(4)31-27(37)17-24-18-39-30-32-23(7)28(29(38)35(24)30)25-16-21(5)36(33-25)26-14-10-12-19(3)22(26)6/h10,12,14,16,18,20H,8-9,11,13,15,17H2,1-7H3,(H,31,37)/t20-/m1/s1. The van der Waals surface area contributed by atoms with Gasteiger partial charge in [-0.15, -0.1) is 11.3 Å². The van der Waals surface area contributed by atoms with Gasteiger partial charge in [0.15, 0.2) is 4.96 Å². The predicted octanol–water partition coefficient (Wildman–Crippen LogP) is 5.01. The molecule has 0 unspecified atom stereocenters. The fourth-order valence-electron chi connectivity index (χ4n) is 5.05. The lowest BCUT2D eigenvalue weighted by Crippen LogP contribution is -2.35. The molecule has 9 heteroatoms. The van der Waals surface area contributed by atoms with Crippen molar-refractivity contribution in [3.63, 3.8) is 0 Å². The monoisotopic (exact) mass is 548 g/mol. The molecule has 0 saturated heterocycles. The maximum Gasteiger partial charge on any atom is 0.268 e. The summed E-state index contributed by atoms with van der Waals surface area (Å²) in [5.41, 5.74) is 6.38. The summed E-state index contributed by atoms with van der Waals surface area (Å²) < 4.78 is 3.46. The van der Waals surface area contributed by atoms with Gasteiger partial charge in [-0.2, -0.15) is 5.10 Å². The first-order valence-electron chi connectivity index (χ1n) is 13.8. The van der Waals surface area contributed by atoms with Crippen molar-refractivity contribution in [2.24, 2.45) is 0 Å². The van der Waals surface area contributed by atoms with E-state index in [1.807, 2.05) is 49.0 Å². The molecule has 0 radical (unpaired) electrons. The molecule has 4 aromatic rings. The van der Waals surface area contributed by atoms with Crippen LogP contribution in [0.3, 0.4) is 0 Å². The van der Waals surface area contributed by atoms with Crippen LogP contribution in [0.4, 0.5) is 0 Å². The lowest BCUT2D eigenvalue weighted by atomic mass is 10.1. The number of hydrogen-bond acceptors (Lipinski definition) is 6. The highest BCUT2D eigenvalue weighted by Gasteiger charge is 2.21. The largest absolute Gasteiger partial charge is 0.353 e. The number of hydrogen-bond donors (Lipinski definition) is 1. The average molecular weight is 549 g/mol. The van der Waals surface area contributed by atoms with Crippen molar-refractivity contribution in [3.05, 3.63) is 68.2 Å². The van der Waals surface area contributed by atoms with Crippen LogP contribution >= 0.6 is 11.3 Å². The lowest BCUT2D eigenvalue weighted by Gasteiger charge is -2.19. The van der Waals surface area contributed by atoms with E-state index in [0.29, 0.717) is 27.6 Å². The molecule has 1 N–H and O–H groups in total. The average Bonchev–Trinajstić information content (AvgIpc) is 3.46. The highest BCUT2D eigenvalue weighted by atomic mass is 32.1. The van der Waals surface area contributed by atoms with Gasteiger partial charge < -0.3 is 10.2 Å². The van der Waals surface area contributed by atoms with E-state index in [4.69, 9.17) is 10.1 Å². The minimum atomic E-state index is -0.195. The van der Waals surface area contributed by atoms with Gasteiger partial charge in [0.1, 0.15) is 5.69 Å². The molecule has 3 aromatic heterocycles. The Balaban J connectivity index is 1.57. The van der Waals surface area contributed by atoms with E-state index in [1.54, 1.807) is 4.40 Å². The molecule has 0 spiro atoms. The predicted molar refractivity (Wildman–Crippen MR) is 159 cm³/mol. The first-order valence-corrected chi connectivity index (χ1v) is 14.7. The summed E-state index contributed by atoms with van der Waals surface area (Å²) in [6, 6.07) is 8.13. The van der Waals surface area contributed by atoms with E-state index >= 15 is 0 Å². The third-order valence-electron chi connectivity index (χ3n) is 7.52. The second-order valence-electron chi connectivity index (χ2n) is 10.3. The molecule has 4 rings (SSSR count). The van der Waals surface area contributed by atoms with E-state index in [2.05, 4.69) is 44.0 Å². The topological polar surface area (TPSA) is 84.5 Å². The minimum absolute atomic E-state index is 0.0719. The zero-order chi connectivity index (χ0) is 28.3. The van der Waals surface area contributed by atoms with Gasteiger partial charge >= 0.3 is 0 Å². The van der Waals surface area contributed by atoms with Gasteiger partial charge in [-0.25, -0.2) is 9.67 Å². The van der Waals surface area contributed by atoms with Gasteiger partial charge in [0.05, 0.1) is 23.4 Å². The minimum Gasteiger partial charge on any atom is -0.353 e. The van der Waals surface area contributed by atoms with Crippen LogP contribution in [0.1, 0.15) is 61.8 Å². The van der Waals surface area contributed by atoms with Crippen molar-refractivity contribution in [1.82, 2.24) is 29.4 Å². The molecule has 8 nitrogen and oxygen atoms in total. The van der Waals surface area contributed by atoms with Crippen molar-refractivity contribution in [2.75, 3.05) is 19.6 Å². The summed E-state index contributed by atoms with van der Waals surface area (Å²) in [5, 5.41) is 9.80. The maximum atomic E-state index is 13.8. The molecule has 0 aliphatic heterocycles. The number of rotatable bonds is 11. The number of thiazole rings is 1. The molecule has 0 fully saturated rings. The van der Waals surface area contributed by atoms with Crippen molar-refractivity contribution in [1.29, 1.82) is 0 Å².